The summed E-state index contributed by atoms with van der Waals surface area (Å²) in [7, 11) is -3.39. The minimum atomic E-state index is -3.39. The van der Waals surface area contributed by atoms with Gasteiger partial charge in [0.05, 0.1) is 15.7 Å². The number of amides is 2. The zero-order chi connectivity index (χ0) is 20.4. The Labute approximate surface area is 152 Å². The van der Waals surface area contributed by atoms with Crippen molar-refractivity contribution in [3.8, 4) is 0 Å². The van der Waals surface area contributed by atoms with E-state index in [1.165, 1.54) is 6.92 Å². The van der Waals surface area contributed by atoms with Crippen LogP contribution in [0.3, 0.4) is 0 Å². The maximum absolute atomic E-state index is 12.9. The molecule has 0 aliphatic rings. The van der Waals surface area contributed by atoms with E-state index in [4.69, 9.17) is 11.5 Å². The number of rotatable bonds is 5. The molecule has 0 fully saturated rings. The highest BCUT2D eigenvalue weighted by Gasteiger charge is 2.20. The third kappa shape index (κ3) is 10.1. The fourth-order valence-electron chi connectivity index (χ4n) is 1.41. The van der Waals surface area contributed by atoms with Crippen molar-refractivity contribution >= 4 is 38.7 Å². The second kappa shape index (κ2) is 11.9. The second-order valence-corrected chi connectivity index (χ2v) is 8.27. The van der Waals surface area contributed by atoms with E-state index in [0.29, 0.717) is 17.3 Å². The second-order valence-electron chi connectivity index (χ2n) is 5.17. The van der Waals surface area contributed by atoms with Crippen molar-refractivity contribution in [2.45, 2.75) is 51.3 Å². The van der Waals surface area contributed by atoms with E-state index in [1.807, 2.05) is 13.8 Å². The number of nitrogens with one attached hydrogen (secondary N) is 1. The first-order chi connectivity index (χ1) is 11.4. The molecule has 0 bridgehead atoms. The van der Waals surface area contributed by atoms with Gasteiger partial charge in [0.15, 0.2) is 11.6 Å². The van der Waals surface area contributed by atoms with Gasteiger partial charge >= 0.3 is 6.03 Å². The molecule has 146 valence electrons. The Balaban J connectivity index is 0. The first-order valence-electron chi connectivity index (χ1n) is 7.51. The summed E-state index contributed by atoms with van der Waals surface area (Å²) in [6.45, 7) is 9.65. The summed E-state index contributed by atoms with van der Waals surface area (Å²) in [4.78, 5) is 20.9. The highest BCUT2D eigenvalue weighted by atomic mass is 32.2. The van der Waals surface area contributed by atoms with Gasteiger partial charge in [-0.1, -0.05) is 27.7 Å². The predicted octanol–water partition coefficient (Wildman–Crippen LogP) is 2.66. The van der Waals surface area contributed by atoms with Gasteiger partial charge < -0.3 is 11.5 Å². The van der Waals surface area contributed by atoms with E-state index in [9.17, 15) is 22.6 Å². The van der Waals surface area contributed by atoms with Gasteiger partial charge in [0.2, 0.25) is 0 Å². The van der Waals surface area contributed by atoms with Crippen LogP contribution in [0.4, 0.5) is 13.6 Å². The molecule has 0 aromatic carbocycles. The average Bonchev–Trinajstić information content (AvgIpc) is 2.80. The first-order valence-corrected chi connectivity index (χ1v) is 10.1. The molecule has 0 saturated carbocycles. The lowest BCUT2D eigenvalue weighted by Gasteiger charge is -2.08. The Morgan fingerprint density at radius 1 is 1.36 bits per heavy atom. The minimum absolute atomic E-state index is 0.0868. The van der Waals surface area contributed by atoms with Crippen molar-refractivity contribution in [3.05, 3.63) is 17.0 Å². The predicted molar refractivity (Wildman–Crippen MR) is 99.9 cm³/mol. The SMILES string of the molecule is C=S(=O)(NC(N)=O)c1scc(F)c1F.CC.CC(=O)C(N)CC(C)C. The molecule has 10 heteroatoms. The van der Waals surface area contributed by atoms with E-state index in [0.717, 1.165) is 11.8 Å². The molecule has 25 heavy (non-hydrogen) atoms. The number of ketones is 1. The van der Waals surface area contributed by atoms with Crippen LogP contribution in [0.1, 0.15) is 41.0 Å². The molecule has 1 aromatic rings. The standard InChI is InChI=1S/C7H15NO.C6H6F2N2O2S2.C2H6/c1-5(2)4-7(8)6(3)9;1-14(12,10-6(9)11)5-4(8)3(7)2-13-5;1-2/h5,7H,4,8H2,1-3H3;2H,1H2,(H3,9,10,11,12);1-2H3. The Bertz CT molecular complexity index is 659. The molecule has 0 radical (unpaired) electrons. The monoisotopic (exact) mass is 399 g/mol. The third-order valence-electron chi connectivity index (χ3n) is 2.47. The zero-order valence-electron chi connectivity index (χ0n) is 15.1. The zero-order valence-corrected chi connectivity index (χ0v) is 16.7. The summed E-state index contributed by atoms with van der Waals surface area (Å²) in [5.41, 5.74) is 10.2. The van der Waals surface area contributed by atoms with Gasteiger partial charge in [0, 0.05) is 5.38 Å². The molecule has 1 rings (SSSR count). The summed E-state index contributed by atoms with van der Waals surface area (Å²) in [5, 5.41) is 0.832. The van der Waals surface area contributed by atoms with Crippen LogP contribution in [0.15, 0.2) is 9.59 Å². The van der Waals surface area contributed by atoms with Crippen molar-refractivity contribution < 1.29 is 22.6 Å². The molecule has 0 aliphatic heterocycles. The number of thiophene rings is 1. The molecule has 0 aliphatic carbocycles. The van der Waals surface area contributed by atoms with Crippen molar-refractivity contribution in [1.82, 2.24) is 4.72 Å². The van der Waals surface area contributed by atoms with Crippen LogP contribution in [0.2, 0.25) is 0 Å². The van der Waals surface area contributed by atoms with E-state index in [1.54, 1.807) is 4.72 Å². The van der Waals surface area contributed by atoms with Crippen molar-refractivity contribution in [2.24, 2.45) is 17.4 Å². The molecule has 5 N–H and O–H groups in total. The lowest BCUT2D eigenvalue weighted by molar-refractivity contribution is -0.118. The summed E-state index contributed by atoms with van der Waals surface area (Å²) >= 11 is 0.567. The highest BCUT2D eigenvalue weighted by Crippen LogP contribution is 2.23. The van der Waals surface area contributed by atoms with Gasteiger partial charge in [0.25, 0.3) is 0 Å². The summed E-state index contributed by atoms with van der Waals surface area (Å²) in [5.74, 6) is 1.27. The molecule has 1 heterocycles. The number of hydrogen-bond donors (Lipinski definition) is 3. The molecule has 2 atom stereocenters. The van der Waals surface area contributed by atoms with E-state index in [2.05, 4.69) is 19.7 Å². The fourth-order valence-corrected chi connectivity index (χ4v) is 3.62. The van der Waals surface area contributed by atoms with Crippen LogP contribution in [0.5, 0.6) is 0 Å². The fraction of sp³-hybridized carbons (Fsp3) is 0.533. The summed E-state index contributed by atoms with van der Waals surface area (Å²) < 4.78 is 38.3. The highest BCUT2D eigenvalue weighted by molar-refractivity contribution is 8.00. The van der Waals surface area contributed by atoms with Gasteiger partial charge in [-0.25, -0.2) is 17.8 Å². The van der Waals surface area contributed by atoms with E-state index in [-0.39, 0.29) is 11.8 Å². The quantitative estimate of drug-likeness (QED) is 0.660. The molecule has 2 amide bonds. The van der Waals surface area contributed by atoms with Crippen LogP contribution in [-0.4, -0.2) is 27.9 Å². The van der Waals surface area contributed by atoms with Crippen molar-refractivity contribution in [3.63, 3.8) is 0 Å². The molecule has 1 aromatic heterocycles. The Hall–Kier alpha value is -1.52. The van der Waals surface area contributed by atoms with Crippen molar-refractivity contribution in [2.75, 3.05) is 0 Å². The summed E-state index contributed by atoms with van der Waals surface area (Å²) in [6.07, 6.45) is 0.801. The van der Waals surface area contributed by atoms with Crippen LogP contribution in [0.25, 0.3) is 0 Å². The van der Waals surface area contributed by atoms with Crippen LogP contribution < -0.4 is 16.2 Å². The smallest absolute Gasteiger partial charge is 0.323 e. The number of hydrogen-bond acceptors (Lipinski definition) is 5. The first kappa shape index (κ1) is 25.7. The van der Waals surface area contributed by atoms with Gasteiger partial charge in [-0.15, -0.1) is 11.3 Å². The number of Topliss-reactive ketones (excluding diaryl/α,β-unsaturated/α-hetero) is 1. The molecular weight excluding hydrogens is 372 g/mol. The third-order valence-corrected chi connectivity index (χ3v) is 5.59. The van der Waals surface area contributed by atoms with E-state index < -0.39 is 31.6 Å². The van der Waals surface area contributed by atoms with Crippen molar-refractivity contribution in [1.29, 1.82) is 0 Å². The minimum Gasteiger partial charge on any atom is -0.351 e. The van der Waals surface area contributed by atoms with Crippen LogP contribution in [-0.2, 0) is 14.5 Å². The lowest BCUT2D eigenvalue weighted by Crippen LogP contribution is -2.34. The molecule has 2 unspecified atom stereocenters. The number of primary amides is 1. The molecular formula is C15H27F2N3O3S2. The maximum Gasteiger partial charge on any atom is 0.323 e. The van der Waals surface area contributed by atoms with Gasteiger partial charge in [-0.3, -0.25) is 9.52 Å². The number of carbonyl (C=O) groups is 2. The number of halogens is 2. The Kier molecular flexibility index (Phi) is 12.3. The number of urea groups is 1. The Morgan fingerprint density at radius 3 is 2.08 bits per heavy atom. The number of carbonyl (C=O) groups excluding carboxylic acids is 2. The lowest BCUT2D eigenvalue weighted by atomic mass is 10.0. The maximum atomic E-state index is 12.9. The summed E-state index contributed by atoms with van der Waals surface area (Å²) in [6, 6.07) is -1.36. The Morgan fingerprint density at radius 2 is 1.84 bits per heavy atom. The van der Waals surface area contributed by atoms with Crippen LogP contribution >= 0.6 is 11.3 Å². The number of nitrogens with two attached hydrogens (primary N) is 2. The topological polar surface area (TPSA) is 115 Å². The molecule has 0 spiro atoms. The van der Waals surface area contributed by atoms with Gasteiger partial charge in [0.1, 0.15) is 9.99 Å². The normalized spacial score (nSPS) is 13.5. The molecule has 0 saturated heterocycles. The molecule has 6 nitrogen and oxygen atoms in total. The average molecular weight is 400 g/mol. The largest absolute Gasteiger partial charge is 0.351 e. The van der Waals surface area contributed by atoms with E-state index >= 15 is 0 Å². The van der Waals surface area contributed by atoms with Crippen LogP contribution in [0, 0.1) is 17.6 Å². The van der Waals surface area contributed by atoms with Gasteiger partial charge in [-0.2, -0.15) is 0 Å². The van der Waals surface area contributed by atoms with Gasteiger partial charge in [-0.05, 0) is 25.1 Å².